The van der Waals surface area contributed by atoms with E-state index in [4.69, 9.17) is 5.73 Å². The third-order valence-electron chi connectivity index (χ3n) is 3.69. The standard InChI is InChI=1S/C12H21N3O2/c13-10-4-2-9(3-5-10)12(17)15-7-1-6-14-11(16)8-15/h9-10H,1-8,13H2,(H,14,16). The van der Waals surface area contributed by atoms with Crippen molar-refractivity contribution < 1.29 is 9.59 Å². The van der Waals surface area contributed by atoms with E-state index in [1.54, 1.807) is 4.90 Å². The van der Waals surface area contributed by atoms with Crippen molar-refractivity contribution in [3.63, 3.8) is 0 Å². The van der Waals surface area contributed by atoms with Crippen LogP contribution in [0.15, 0.2) is 0 Å². The van der Waals surface area contributed by atoms with E-state index in [9.17, 15) is 9.59 Å². The van der Waals surface area contributed by atoms with Gasteiger partial charge < -0.3 is 16.0 Å². The first-order valence-electron chi connectivity index (χ1n) is 6.48. The predicted molar refractivity (Wildman–Crippen MR) is 64.1 cm³/mol. The maximum Gasteiger partial charge on any atom is 0.239 e. The van der Waals surface area contributed by atoms with Crippen LogP contribution in [0.5, 0.6) is 0 Å². The molecule has 0 spiro atoms. The SMILES string of the molecule is NC1CCC(C(=O)N2CCCNC(=O)C2)CC1. The van der Waals surface area contributed by atoms with Gasteiger partial charge in [-0.15, -0.1) is 0 Å². The molecule has 0 bridgehead atoms. The third kappa shape index (κ3) is 3.19. The zero-order chi connectivity index (χ0) is 12.3. The lowest BCUT2D eigenvalue weighted by molar-refractivity contribution is -0.139. The lowest BCUT2D eigenvalue weighted by atomic mass is 9.85. The van der Waals surface area contributed by atoms with Crippen LogP contribution in [0.4, 0.5) is 0 Å². The lowest BCUT2D eigenvalue weighted by Gasteiger charge is -2.29. The Bertz CT molecular complexity index is 298. The monoisotopic (exact) mass is 239 g/mol. The van der Waals surface area contributed by atoms with Crippen LogP contribution in [0.2, 0.25) is 0 Å². The lowest BCUT2D eigenvalue weighted by Crippen LogP contribution is -2.42. The number of amides is 2. The van der Waals surface area contributed by atoms with Crippen molar-refractivity contribution in [1.29, 1.82) is 0 Å². The van der Waals surface area contributed by atoms with Crippen molar-refractivity contribution >= 4 is 11.8 Å². The Morgan fingerprint density at radius 2 is 2.00 bits per heavy atom. The molecule has 2 aliphatic rings. The number of nitrogens with one attached hydrogen (secondary N) is 1. The molecule has 0 aromatic heterocycles. The Morgan fingerprint density at radius 1 is 1.29 bits per heavy atom. The molecule has 1 heterocycles. The fourth-order valence-electron chi connectivity index (χ4n) is 2.62. The molecule has 0 radical (unpaired) electrons. The third-order valence-corrected chi connectivity index (χ3v) is 3.69. The minimum absolute atomic E-state index is 0.0386. The highest BCUT2D eigenvalue weighted by molar-refractivity contribution is 5.86. The zero-order valence-electron chi connectivity index (χ0n) is 10.2. The highest BCUT2D eigenvalue weighted by Gasteiger charge is 2.29. The van der Waals surface area contributed by atoms with E-state index in [0.29, 0.717) is 13.1 Å². The van der Waals surface area contributed by atoms with Crippen LogP contribution in [0.25, 0.3) is 0 Å². The number of nitrogens with zero attached hydrogens (tertiary/aromatic N) is 1. The van der Waals surface area contributed by atoms with Crippen LogP contribution in [-0.2, 0) is 9.59 Å². The van der Waals surface area contributed by atoms with E-state index in [0.717, 1.165) is 32.1 Å². The Labute approximate surface area is 102 Å². The smallest absolute Gasteiger partial charge is 0.239 e. The molecular formula is C12H21N3O2. The molecule has 0 aromatic rings. The van der Waals surface area contributed by atoms with Crippen LogP contribution in [0.1, 0.15) is 32.1 Å². The predicted octanol–water partition coefficient (Wildman–Crippen LogP) is -0.148. The summed E-state index contributed by atoms with van der Waals surface area (Å²) >= 11 is 0. The molecule has 0 unspecified atom stereocenters. The minimum atomic E-state index is -0.0386. The van der Waals surface area contributed by atoms with Crippen molar-refractivity contribution in [3.05, 3.63) is 0 Å². The summed E-state index contributed by atoms with van der Waals surface area (Å²) in [4.78, 5) is 25.4. The Kier molecular flexibility index (Phi) is 3.99. The summed E-state index contributed by atoms with van der Waals surface area (Å²) in [7, 11) is 0. The Morgan fingerprint density at radius 3 is 2.71 bits per heavy atom. The minimum Gasteiger partial charge on any atom is -0.354 e. The van der Waals surface area contributed by atoms with Gasteiger partial charge in [-0.1, -0.05) is 0 Å². The molecule has 96 valence electrons. The van der Waals surface area contributed by atoms with Crippen LogP contribution >= 0.6 is 0 Å². The van der Waals surface area contributed by atoms with Gasteiger partial charge in [0.1, 0.15) is 0 Å². The second-order valence-corrected chi connectivity index (χ2v) is 5.08. The molecule has 5 heteroatoms. The average molecular weight is 239 g/mol. The fraction of sp³-hybridized carbons (Fsp3) is 0.833. The van der Waals surface area contributed by atoms with Crippen molar-refractivity contribution in [1.82, 2.24) is 10.2 Å². The number of hydrogen-bond donors (Lipinski definition) is 2. The van der Waals surface area contributed by atoms with Gasteiger partial charge in [0.25, 0.3) is 0 Å². The normalized spacial score (nSPS) is 30.6. The van der Waals surface area contributed by atoms with Gasteiger partial charge in [-0.2, -0.15) is 0 Å². The Hall–Kier alpha value is -1.10. The summed E-state index contributed by atoms with van der Waals surface area (Å²) in [6.45, 7) is 1.60. The topological polar surface area (TPSA) is 75.4 Å². The molecule has 2 amide bonds. The zero-order valence-corrected chi connectivity index (χ0v) is 10.2. The molecule has 1 aliphatic heterocycles. The first-order chi connectivity index (χ1) is 8.16. The number of carbonyl (C=O) groups is 2. The van der Waals surface area contributed by atoms with E-state index in [-0.39, 0.29) is 30.3 Å². The molecule has 5 nitrogen and oxygen atoms in total. The summed E-state index contributed by atoms with van der Waals surface area (Å²) in [6, 6.07) is 0.256. The van der Waals surface area contributed by atoms with Crippen molar-refractivity contribution in [3.8, 4) is 0 Å². The highest BCUT2D eigenvalue weighted by Crippen LogP contribution is 2.25. The van der Waals surface area contributed by atoms with Gasteiger partial charge in [0.05, 0.1) is 6.54 Å². The second-order valence-electron chi connectivity index (χ2n) is 5.08. The summed E-state index contributed by atoms with van der Waals surface area (Å²) in [5.41, 5.74) is 5.83. The van der Waals surface area contributed by atoms with Crippen molar-refractivity contribution in [2.24, 2.45) is 11.7 Å². The summed E-state index contributed by atoms with van der Waals surface area (Å²) in [5.74, 6) is 0.193. The molecule has 0 atom stereocenters. The maximum absolute atomic E-state index is 12.3. The van der Waals surface area contributed by atoms with Crippen molar-refractivity contribution in [2.75, 3.05) is 19.6 Å². The van der Waals surface area contributed by atoms with Crippen LogP contribution in [0, 0.1) is 5.92 Å². The van der Waals surface area contributed by atoms with Gasteiger partial charge in [0, 0.05) is 25.0 Å². The van der Waals surface area contributed by atoms with E-state index in [1.807, 2.05) is 0 Å². The molecule has 1 aliphatic carbocycles. The summed E-state index contributed by atoms with van der Waals surface area (Å²) < 4.78 is 0. The van der Waals surface area contributed by atoms with Crippen LogP contribution < -0.4 is 11.1 Å². The molecule has 0 aromatic carbocycles. The molecule has 1 saturated carbocycles. The summed E-state index contributed by atoms with van der Waals surface area (Å²) in [5, 5.41) is 2.79. The molecule has 2 fully saturated rings. The van der Waals surface area contributed by atoms with E-state index in [1.165, 1.54) is 0 Å². The largest absolute Gasteiger partial charge is 0.354 e. The van der Waals surface area contributed by atoms with E-state index in [2.05, 4.69) is 5.32 Å². The first-order valence-corrected chi connectivity index (χ1v) is 6.48. The fourth-order valence-corrected chi connectivity index (χ4v) is 2.62. The van der Waals surface area contributed by atoms with E-state index >= 15 is 0 Å². The number of carbonyl (C=O) groups excluding carboxylic acids is 2. The highest BCUT2D eigenvalue weighted by atomic mass is 16.2. The van der Waals surface area contributed by atoms with Gasteiger partial charge in [0.2, 0.25) is 11.8 Å². The average Bonchev–Trinajstić information content (AvgIpc) is 2.54. The molecule has 2 rings (SSSR count). The van der Waals surface area contributed by atoms with Gasteiger partial charge in [-0.25, -0.2) is 0 Å². The second kappa shape index (κ2) is 5.49. The molecule has 1 saturated heterocycles. The van der Waals surface area contributed by atoms with Crippen molar-refractivity contribution in [2.45, 2.75) is 38.1 Å². The number of hydrogen-bond acceptors (Lipinski definition) is 3. The quantitative estimate of drug-likeness (QED) is 0.668. The molecular weight excluding hydrogens is 218 g/mol. The molecule has 17 heavy (non-hydrogen) atoms. The number of nitrogens with two attached hydrogens (primary N) is 1. The Balaban J connectivity index is 1.91. The van der Waals surface area contributed by atoms with Gasteiger partial charge in [-0.3, -0.25) is 9.59 Å². The van der Waals surface area contributed by atoms with Gasteiger partial charge in [0.15, 0.2) is 0 Å². The van der Waals surface area contributed by atoms with Gasteiger partial charge >= 0.3 is 0 Å². The maximum atomic E-state index is 12.3. The number of rotatable bonds is 1. The van der Waals surface area contributed by atoms with Crippen LogP contribution in [0.3, 0.4) is 0 Å². The van der Waals surface area contributed by atoms with Gasteiger partial charge in [-0.05, 0) is 32.1 Å². The molecule has 3 N–H and O–H groups in total. The van der Waals surface area contributed by atoms with Crippen LogP contribution in [-0.4, -0.2) is 42.4 Å². The summed E-state index contributed by atoms with van der Waals surface area (Å²) in [6.07, 6.45) is 4.45. The first kappa shape index (κ1) is 12.4. The van der Waals surface area contributed by atoms with E-state index < -0.39 is 0 Å².